The number of carbonyl (C=O) groups is 1. The standard InChI is InChI=1S/C20H17F4N3O4S/c21-14-3-1-13(2-4-14)17-11-25-19(31-17)10-9-18(28)27-15-5-7-16(8-6-15)32(29,30)26-12-20(22,23)24/h1-8,11,26H,9-10,12H2,(H,27,28). The Morgan fingerprint density at radius 3 is 2.31 bits per heavy atom. The lowest BCUT2D eigenvalue weighted by molar-refractivity contribution is -0.121. The van der Waals surface area contributed by atoms with Crippen molar-refractivity contribution in [2.45, 2.75) is 23.9 Å². The maximum atomic E-state index is 13.0. The number of benzene rings is 2. The van der Waals surface area contributed by atoms with Crippen molar-refractivity contribution in [2.24, 2.45) is 0 Å². The van der Waals surface area contributed by atoms with Crippen LogP contribution in [0.4, 0.5) is 23.2 Å². The van der Waals surface area contributed by atoms with Crippen LogP contribution in [0.5, 0.6) is 0 Å². The van der Waals surface area contributed by atoms with Gasteiger partial charge in [-0.2, -0.15) is 13.2 Å². The second kappa shape index (κ2) is 9.49. The van der Waals surface area contributed by atoms with E-state index in [4.69, 9.17) is 4.42 Å². The highest BCUT2D eigenvalue weighted by Gasteiger charge is 2.30. The van der Waals surface area contributed by atoms with Gasteiger partial charge in [-0.3, -0.25) is 4.79 Å². The average molecular weight is 471 g/mol. The molecule has 170 valence electrons. The molecule has 3 rings (SSSR count). The summed E-state index contributed by atoms with van der Waals surface area (Å²) in [7, 11) is -4.33. The van der Waals surface area contributed by atoms with E-state index < -0.39 is 28.7 Å². The van der Waals surface area contributed by atoms with Gasteiger partial charge in [0.1, 0.15) is 12.4 Å². The maximum Gasteiger partial charge on any atom is 0.402 e. The van der Waals surface area contributed by atoms with Crippen LogP contribution in [0.2, 0.25) is 0 Å². The van der Waals surface area contributed by atoms with E-state index in [-0.39, 0.29) is 29.2 Å². The van der Waals surface area contributed by atoms with Crippen molar-refractivity contribution >= 4 is 21.6 Å². The van der Waals surface area contributed by atoms with Gasteiger partial charge >= 0.3 is 6.18 Å². The topological polar surface area (TPSA) is 101 Å². The predicted molar refractivity (Wildman–Crippen MR) is 107 cm³/mol. The van der Waals surface area contributed by atoms with E-state index in [9.17, 15) is 30.8 Å². The zero-order chi connectivity index (χ0) is 23.4. The Bertz CT molecular complexity index is 1170. The van der Waals surface area contributed by atoms with E-state index in [1.807, 2.05) is 0 Å². The number of carbonyl (C=O) groups excluding carboxylic acids is 1. The lowest BCUT2D eigenvalue weighted by Gasteiger charge is -2.10. The van der Waals surface area contributed by atoms with Crippen molar-refractivity contribution in [3.63, 3.8) is 0 Å². The first-order valence-electron chi connectivity index (χ1n) is 9.19. The third kappa shape index (κ3) is 6.62. The number of amides is 1. The van der Waals surface area contributed by atoms with Gasteiger partial charge in [0.2, 0.25) is 15.9 Å². The first kappa shape index (κ1) is 23.4. The number of nitrogens with one attached hydrogen (secondary N) is 2. The van der Waals surface area contributed by atoms with E-state index >= 15 is 0 Å². The number of aryl methyl sites for hydroxylation is 1. The third-order valence-corrected chi connectivity index (χ3v) is 5.58. The van der Waals surface area contributed by atoms with Crippen LogP contribution in [0.15, 0.2) is 64.0 Å². The molecule has 0 saturated heterocycles. The molecule has 2 aromatic carbocycles. The van der Waals surface area contributed by atoms with Gasteiger partial charge < -0.3 is 9.73 Å². The average Bonchev–Trinajstić information content (AvgIpc) is 3.20. The molecule has 7 nitrogen and oxygen atoms in total. The van der Waals surface area contributed by atoms with Crippen molar-refractivity contribution in [1.29, 1.82) is 0 Å². The number of nitrogens with zero attached hydrogens (tertiary/aromatic N) is 1. The molecule has 1 amide bonds. The minimum atomic E-state index is -4.68. The third-order valence-electron chi connectivity index (χ3n) is 4.16. The number of anilines is 1. The van der Waals surface area contributed by atoms with E-state index in [0.29, 0.717) is 17.2 Å². The van der Waals surface area contributed by atoms with Crippen molar-refractivity contribution in [1.82, 2.24) is 9.71 Å². The van der Waals surface area contributed by atoms with Crippen molar-refractivity contribution in [3.8, 4) is 11.3 Å². The Labute approximate surface area is 180 Å². The van der Waals surface area contributed by atoms with E-state index in [1.165, 1.54) is 47.3 Å². The Morgan fingerprint density at radius 2 is 1.69 bits per heavy atom. The molecule has 0 aliphatic rings. The molecule has 0 unspecified atom stereocenters. The molecule has 0 spiro atoms. The highest BCUT2D eigenvalue weighted by atomic mass is 32.2. The van der Waals surface area contributed by atoms with E-state index in [2.05, 4.69) is 10.3 Å². The van der Waals surface area contributed by atoms with Gasteiger partial charge in [0.05, 0.1) is 11.1 Å². The highest BCUT2D eigenvalue weighted by molar-refractivity contribution is 7.89. The van der Waals surface area contributed by atoms with Crippen LogP contribution in [0, 0.1) is 5.82 Å². The summed E-state index contributed by atoms with van der Waals surface area (Å²) in [6.07, 6.45) is -3.02. The summed E-state index contributed by atoms with van der Waals surface area (Å²) in [5, 5.41) is 2.55. The minimum absolute atomic E-state index is 0.0105. The Kier molecular flexibility index (Phi) is 6.94. The van der Waals surface area contributed by atoms with Gasteiger partial charge in [-0.1, -0.05) is 0 Å². The monoisotopic (exact) mass is 471 g/mol. The quantitative estimate of drug-likeness (QED) is 0.486. The molecule has 0 fully saturated rings. The maximum absolute atomic E-state index is 13.0. The van der Waals surface area contributed by atoms with Crippen LogP contribution < -0.4 is 10.0 Å². The second-order valence-corrected chi connectivity index (χ2v) is 8.40. The summed E-state index contributed by atoms with van der Waals surface area (Å²) in [6, 6.07) is 10.3. The number of hydrogen-bond acceptors (Lipinski definition) is 5. The van der Waals surface area contributed by atoms with Crippen LogP contribution in [-0.2, 0) is 21.2 Å². The van der Waals surface area contributed by atoms with Gasteiger partial charge in [0.25, 0.3) is 0 Å². The van der Waals surface area contributed by atoms with Crippen LogP contribution in [0.1, 0.15) is 12.3 Å². The fourth-order valence-corrected chi connectivity index (χ4v) is 3.61. The molecule has 2 N–H and O–H groups in total. The summed E-state index contributed by atoms with van der Waals surface area (Å²) in [4.78, 5) is 15.8. The lowest BCUT2D eigenvalue weighted by atomic mass is 10.2. The number of rotatable bonds is 8. The number of alkyl halides is 3. The molecule has 1 heterocycles. The van der Waals surface area contributed by atoms with Crippen LogP contribution in [-0.4, -0.2) is 32.0 Å². The van der Waals surface area contributed by atoms with E-state index in [0.717, 1.165) is 12.1 Å². The largest absolute Gasteiger partial charge is 0.441 e. The smallest absolute Gasteiger partial charge is 0.402 e. The van der Waals surface area contributed by atoms with Crippen molar-refractivity contribution in [3.05, 3.63) is 66.4 Å². The van der Waals surface area contributed by atoms with Crippen molar-refractivity contribution < 1.29 is 35.2 Å². The van der Waals surface area contributed by atoms with Gasteiger partial charge in [-0.15, -0.1) is 0 Å². The molecular weight excluding hydrogens is 454 g/mol. The van der Waals surface area contributed by atoms with Gasteiger partial charge in [-0.05, 0) is 48.5 Å². The second-order valence-electron chi connectivity index (χ2n) is 6.64. The lowest BCUT2D eigenvalue weighted by Crippen LogP contribution is -2.33. The zero-order valence-electron chi connectivity index (χ0n) is 16.3. The van der Waals surface area contributed by atoms with Gasteiger partial charge in [-0.25, -0.2) is 22.5 Å². The Hall–Kier alpha value is -3.25. The SMILES string of the molecule is O=C(CCc1ncc(-c2ccc(F)cc2)o1)Nc1ccc(S(=O)(=O)NCC(F)(F)F)cc1. The molecule has 3 aromatic rings. The molecule has 0 aliphatic heterocycles. The van der Waals surface area contributed by atoms with Crippen LogP contribution in [0.3, 0.4) is 0 Å². The summed E-state index contributed by atoms with van der Waals surface area (Å²) < 4.78 is 80.3. The number of oxazole rings is 1. The first-order chi connectivity index (χ1) is 15.0. The van der Waals surface area contributed by atoms with Gasteiger partial charge in [0.15, 0.2) is 11.7 Å². The van der Waals surface area contributed by atoms with Crippen LogP contribution >= 0.6 is 0 Å². The molecule has 32 heavy (non-hydrogen) atoms. The fraction of sp³-hybridized carbons (Fsp3) is 0.200. The molecule has 0 aliphatic carbocycles. The van der Waals surface area contributed by atoms with Crippen molar-refractivity contribution in [2.75, 3.05) is 11.9 Å². The molecule has 12 heteroatoms. The number of halogens is 4. The summed E-state index contributed by atoms with van der Waals surface area (Å²) in [5.74, 6) is -0.0568. The molecule has 0 atom stereocenters. The molecule has 1 aromatic heterocycles. The molecule has 0 radical (unpaired) electrons. The minimum Gasteiger partial charge on any atom is -0.441 e. The zero-order valence-corrected chi connectivity index (χ0v) is 17.1. The number of hydrogen-bond donors (Lipinski definition) is 2. The van der Waals surface area contributed by atoms with Crippen LogP contribution in [0.25, 0.3) is 11.3 Å². The van der Waals surface area contributed by atoms with E-state index in [1.54, 1.807) is 0 Å². The molecule has 0 bridgehead atoms. The molecular formula is C20H17F4N3O4S. The normalized spacial score (nSPS) is 12.0. The molecule has 0 saturated carbocycles. The first-order valence-corrected chi connectivity index (χ1v) is 10.7. The summed E-state index contributed by atoms with van der Waals surface area (Å²) >= 11 is 0. The summed E-state index contributed by atoms with van der Waals surface area (Å²) in [5.41, 5.74) is 0.901. The highest BCUT2D eigenvalue weighted by Crippen LogP contribution is 2.21. The predicted octanol–water partition coefficient (Wildman–Crippen LogP) is 3.89. The van der Waals surface area contributed by atoms with Gasteiger partial charge in [0, 0.05) is 24.1 Å². The Balaban J connectivity index is 1.53. The Morgan fingerprint density at radius 1 is 1.03 bits per heavy atom. The summed E-state index contributed by atoms with van der Waals surface area (Å²) in [6.45, 7) is -1.68. The number of aromatic nitrogens is 1. The number of sulfonamides is 1. The fourth-order valence-electron chi connectivity index (χ4n) is 2.59.